The third-order valence-electron chi connectivity index (χ3n) is 3.37. The summed E-state index contributed by atoms with van der Waals surface area (Å²) in [5, 5.41) is 0. The van der Waals surface area contributed by atoms with Gasteiger partial charge in [0.2, 0.25) is 0 Å². The first kappa shape index (κ1) is 18.4. The van der Waals surface area contributed by atoms with Crippen LogP contribution in [-0.4, -0.2) is 19.0 Å². The molecule has 0 aromatic heterocycles. The molecule has 0 heterocycles. The van der Waals surface area contributed by atoms with Crippen molar-refractivity contribution in [2.75, 3.05) is 7.11 Å². The molecule has 0 N–H and O–H groups in total. The lowest BCUT2D eigenvalue weighted by molar-refractivity contribution is -0.136. The fourth-order valence-electron chi connectivity index (χ4n) is 2.12. The van der Waals surface area contributed by atoms with Gasteiger partial charge >= 0.3 is 11.9 Å². The molecular weight excluding hydrogens is 327 g/mol. The monoisotopic (exact) mass is 346 g/mol. The van der Waals surface area contributed by atoms with Gasteiger partial charge in [0.25, 0.3) is 0 Å². The molecule has 2 aromatic carbocycles. The summed E-state index contributed by atoms with van der Waals surface area (Å²) in [5.41, 5.74) is 0.928. The van der Waals surface area contributed by atoms with Crippen molar-refractivity contribution in [3.8, 4) is 17.2 Å². The van der Waals surface area contributed by atoms with E-state index in [0.717, 1.165) is 5.56 Å². The molecule has 0 atom stereocenters. The van der Waals surface area contributed by atoms with E-state index in [9.17, 15) is 14.0 Å². The van der Waals surface area contributed by atoms with Crippen molar-refractivity contribution in [1.29, 1.82) is 0 Å². The molecular formula is C19H19FO5. The molecule has 0 amide bonds. The van der Waals surface area contributed by atoms with E-state index in [-0.39, 0.29) is 25.0 Å². The van der Waals surface area contributed by atoms with E-state index in [1.165, 1.54) is 25.3 Å². The number of aryl methyl sites for hydroxylation is 1. The largest absolute Gasteiger partial charge is 0.493 e. The lowest BCUT2D eigenvalue weighted by Gasteiger charge is -2.10. The van der Waals surface area contributed by atoms with Crippen molar-refractivity contribution in [3.05, 3.63) is 53.8 Å². The molecule has 2 aromatic rings. The van der Waals surface area contributed by atoms with Crippen molar-refractivity contribution >= 4 is 11.9 Å². The second kappa shape index (κ2) is 8.82. The molecule has 0 spiro atoms. The molecule has 132 valence electrons. The lowest BCUT2D eigenvalue weighted by Crippen LogP contribution is -2.12. The maximum Gasteiger partial charge on any atom is 0.311 e. The Balaban J connectivity index is 1.80. The van der Waals surface area contributed by atoms with Gasteiger partial charge in [-0.2, -0.15) is 0 Å². The number of halogens is 1. The summed E-state index contributed by atoms with van der Waals surface area (Å²) in [5.74, 6) is -1.03. The molecule has 6 heteroatoms. The number of carbonyl (C=O) groups excluding carboxylic acids is 2. The maximum absolute atomic E-state index is 13.4. The fraction of sp³-hybridized carbons (Fsp3) is 0.263. The minimum atomic E-state index is -0.609. The zero-order valence-corrected chi connectivity index (χ0v) is 14.1. The summed E-state index contributed by atoms with van der Waals surface area (Å²) in [6.45, 7) is 1.87. The predicted molar refractivity (Wildman–Crippen MR) is 89.3 cm³/mol. The van der Waals surface area contributed by atoms with Crippen LogP contribution in [0.2, 0.25) is 0 Å². The van der Waals surface area contributed by atoms with Gasteiger partial charge in [0.15, 0.2) is 23.1 Å². The van der Waals surface area contributed by atoms with Crippen LogP contribution in [-0.2, 0) is 9.59 Å². The van der Waals surface area contributed by atoms with E-state index in [1.54, 1.807) is 18.2 Å². The molecule has 2 rings (SSSR count). The van der Waals surface area contributed by atoms with Crippen molar-refractivity contribution in [2.45, 2.75) is 26.2 Å². The van der Waals surface area contributed by atoms with E-state index in [2.05, 4.69) is 0 Å². The van der Waals surface area contributed by atoms with Crippen LogP contribution in [0.1, 0.15) is 24.8 Å². The van der Waals surface area contributed by atoms with E-state index < -0.39 is 17.8 Å². The smallest absolute Gasteiger partial charge is 0.311 e. The highest BCUT2D eigenvalue weighted by atomic mass is 19.1. The molecule has 0 unspecified atom stereocenters. The summed E-state index contributed by atoms with van der Waals surface area (Å²) < 4.78 is 28.7. The molecule has 25 heavy (non-hydrogen) atoms. The fourth-order valence-corrected chi connectivity index (χ4v) is 2.12. The Morgan fingerprint density at radius 2 is 1.56 bits per heavy atom. The van der Waals surface area contributed by atoms with Gasteiger partial charge in [-0.05, 0) is 43.2 Å². The molecule has 0 fully saturated rings. The Morgan fingerprint density at radius 1 is 0.920 bits per heavy atom. The number of esters is 2. The first-order chi connectivity index (χ1) is 12.0. The maximum atomic E-state index is 13.4. The van der Waals surface area contributed by atoms with Crippen LogP contribution in [0.4, 0.5) is 4.39 Å². The second-order valence-electron chi connectivity index (χ2n) is 5.39. The molecule has 0 saturated heterocycles. The molecule has 0 aliphatic rings. The molecule has 0 saturated carbocycles. The number of ether oxygens (including phenoxy) is 3. The Hall–Kier alpha value is -2.89. The van der Waals surface area contributed by atoms with E-state index >= 15 is 0 Å². The first-order valence-corrected chi connectivity index (χ1v) is 7.80. The highest BCUT2D eigenvalue weighted by Gasteiger charge is 2.13. The number of para-hydroxylation sites is 1. The topological polar surface area (TPSA) is 61.8 Å². The summed E-state index contributed by atoms with van der Waals surface area (Å²) in [7, 11) is 1.49. The van der Waals surface area contributed by atoms with Gasteiger partial charge in [0.05, 0.1) is 7.11 Å². The Bertz CT molecular complexity index is 757. The van der Waals surface area contributed by atoms with Gasteiger partial charge < -0.3 is 14.2 Å². The van der Waals surface area contributed by atoms with Crippen molar-refractivity contribution in [3.63, 3.8) is 0 Å². The number of rotatable bonds is 7. The summed E-state index contributed by atoms with van der Waals surface area (Å²) in [6.07, 6.45) is 0.248. The zero-order chi connectivity index (χ0) is 18.2. The van der Waals surface area contributed by atoms with Gasteiger partial charge in [-0.1, -0.05) is 18.2 Å². The third kappa shape index (κ3) is 5.60. The van der Waals surface area contributed by atoms with Gasteiger partial charge in [0, 0.05) is 12.8 Å². The van der Waals surface area contributed by atoms with Crippen molar-refractivity contribution in [2.24, 2.45) is 0 Å². The predicted octanol–water partition coefficient (Wildman–Crippen LogP) is 3.82. The van der Waals surface area contributed by atoms with Crippen LogP contribution in [0.5, 0.6) is 17.2 Å². The van der Waals surface area contributed by atoms with Crippen LogP contribution < -0.4 is 14.2 Å². The quantitative estimate of drug-likeness (QED) is 0.563. The van der Waals surface area contributed by atoms with Gasteiger partial charge in [-0.15, -0.1) is 0 Å². The van der Waals surface area contributed by atoms with E-state index in [4.69, 9.17) is 14.2 Å². The molecule has 0 bridgehead atoms. The minimum absolute atomic E-state index is 0.0195. The van der Waals surface area contributed by atoms with Crippen LogP contribution >= 0.6 is 0 Å². The Kier molecular flexibility index (Phi) is 6.51. The third-order valence-corrected chi connectivity index (χ3v) is 3.37. The number of benzene rings is 2. The highest BCUT2D eigenvalue weighted by Crippen LogP contribution is 2.28. The summed E-state index contributed by atoms with van der Waals surface area (Å²) in [4.78, 5) is 23.6. The average molecular weight is 346 g/mol. The first-order valence-electron chi connectivity index (χ1n) is 7.80. The summed E-state index contributed by atoms with van der Waals surface area (Å²) >= 11 is 0. The Labute approximate surface area is 145 Å². The van der Waals surface area contributed by atoms with E-state index in [0.29, 0.717) is 11.5 Å². The van der Waals surface area contributed by atoms with Crippen LogP contribution in [0, 0.1) is 12.7 Å². The number of hydrogen-bond donors (Lipinski definition) is 0. The Morgan fingerprint density at radius 3 is 2.20 bits per heavy atom. The van der Waals surface area contributed by atoms with Crippen molar-refractivity contribution < 1.29 is 28.2 Å². The number of carbonyl (C=O) groups is 2. The molecule has 0 radical (unpaired) electrons. The van der Waals surface area contributed by atoms with Crippen molar-refractivity contribution in [1.82, 2.24) is 0 Å². The SMILES string of the molecule is COc1ccc(C)cc1OC(=O)CCCC(=O)Oc1ccccc1F. The normalized spacial score (nSPS) is 10.2. The molecule has 0 aliphatic heterocycles. The standard InChI is InChI=1S/C19H19FO5/c1-13-10-11-16(23-2)17(12-13)25-19(22)9-5-8-18(21)24-15-7-4-3-6-14(15)20/h3-4,6-7,10-12H,5,8-9H2,1-2H3. The summed E-state index contributed by atoms with van der Waals surface area (Å²) in [6, 6.07) is 10.9. The highest BCUT2D eigenvalue weighted by molar-refractivity contribution is 5.75. The van der Waals surface area contributed by atoms with Gasteiger partial charge in [-0.25, -0.2) is 4.39 Å². The van der Waals surface area contributed by atoms with Crippen LogP contribution in [0.25, 0.3) is 0 Å². The van der Waals surface area contributed by atoms with Crippen LogP contribution in [0.15, 0.2) is 42.5 Å². The molecule has 0 aliphatic carbocycles. The van der Waals surface area contributed by atoms with Gasteiger partial charge in [0.1, 0.15) is 0 Å². The lowest BCUT2D eigenvalue weighted by atomic mass is 10.2. The number of hydrogen-bond acceptors (Lipinski definition) is 5. The van der Waals surface area contributed by atoms with Gasteiger partial charge in [-0.3, -0.25) is 9.59 Å². The number of methoxy groups -OCH3 is 1. The molecule has 5 nitrogen and oxygen atoms in total. The van der Waals surface area contributed by atoms with E-state index in [1.807, 2.05) is 13.0 Å². The average Bonchev–Trinajstić information content (AvgIpc) is 2.57. The minimum Gasteiger partial charge on any atom is -0.493 e. The zero-order valence-electron chi connectivity index (χ0n) is 14.1. The second-order valence-corrected chi connectivity index (χ2v) is 5.39. The van der Waals surface area contributed by atoms with Crippen LogP contribution in [0.3, 0.4) is 0 Å².